The molecule has 0 spiro atoms. The van der Waals surface area contributed by atoms with Gasteiger partial charge in [0, 0.05) is 18.5 Å². The lowest BCUT2D eigenvalue weighted by atomic mass is 9.51. The van der Waals surface area contributed by atoms with Crippen molar-refractivity contribution in [1.82, 2.24) is 0 Å². The van der Waals surface area contributed by atoms with Crippen LogP contribution in [0.15, 0.2) is 18.2 Å². The molecule has 4 fully saturated rings. The number of hydrogen-bond donors (Lipinski definition) is 2. The van der Waals surface area contributed by atoms with E-state index in [1.165, 1.54) is 39.0 Å². The highest BCUT2D eigenvalue weighted by molar-refractivity contribution is 5.96. The van der Waals surface area contributed by atoms with Crippen molar-refractivity contribution in [2.45, 2.75) is 39.0 Å². The number of anilines is 2. The third-order valence-electron chi connectivity index (χ3n) is 6.31. The first-order chi connectivity index (χ1) is 12.0. The molecule has 0 unspecified atom stereocenters. The molecule has 2 amide bonds. The molecule has 0 radical (unpaired) electrons. The minimum atomic E-state index is -0.136. The van der Waals surface area contributed by atoms with Crippen molar-refractivity contribution in [1.29, 1.82) is 0 Å². The van der Waals surface area contributed by atoms with Gasteiger partial charge in [-0.25, -0.2) is 0 Å². The fourth-order valence-electron chi connectivity index (χ4n) is 5.66. The van der Waals surface area contributed by atoms with E-state index in [0.717, 1.165) is 11.8 Å². The van der Waals surface area contributed by atoms with Crippen LogP contribution in [0, 0.1) is 29.6 Å². The molecule has 0 aliphatic heterocycles. The van der Waals surface area contributed by atoms with E-state index in [-0.39, 0.29) is 17.7 Å². The van der Waals surface area contributed by atoms with Crippen molar-refractivity contribution in [3.63, 3.8) is 0 Å². The van der Waals surface area contributed by atoms with Gasteiger partial charge in [-0.05, 0) is 74.0 Å². The van der Waals surface area contributed by atoms with E-state index in [9.17, 15) is 9.59 Å². The van der Waals surface area contributed by atoms with Crippen molar-refractivity contribution >= 4 is 23.2 Å². The Kier molecular flexibility index (Phi) is 4.18. The van der Waals surface area contributed by atoms with Crippen LogP contribution in [0.5, 0.6) is 5.75 Å². The normalized spacial score (nSPS) is 32.3. The molecule has 5 rings (SSSR count). The van der Waals surface area contributed by atoms with Crippen LogP contribution in [-0.4, -0.2) is 18.9 Å². The fraction of sp³-hybridized carbons (Fsp3) is 0.600. The first kappa shape index (κ1) is 16.4. The first-order valence-electron chi connectivity index (χ1n) is 9.30. The van der Waals surface area contributed by atoms with Gasteiger partial charge in [-0.1, -0.05) is 0 Å². The fourth-order valence-corrected chi connectivity index (χ4v) is 5.66. The molecule has 4 aliphatic rings. The second kappa shape index (κ2) is 6.36. The second-order valence-corrected chi connectivity index (χ2v) is 8.04. The van der Waals surface area contributed by atoms with Crippen LogP contribution in [0.4, 0.5) is 11.4 Å². The van der Waals surface area contributed by atoms with Crippen molar-refractivity contribution < 1.29 is 14.3 Å². The Balaban J connectivity index is 1.53. The Morgan fingerprint density at radius 2 is 1.64 bits per heavy atom. The standard InChI is InChI=1S/C20H26N2O3/c1-11(23)21-16-3-4-18(25-2)17(10-16)22-20(24)19-14-6-12-5-13(8-14)9-15(19)7-12/h3-4,10,12-15,19H,5-9H2,1-2H3,(H,21,23)(H,22,24). The number of amides is 2. The molecule has 0 atom stereocenters. The molecule has 4 bridgehead atoms. The van der Waals surface area contributed by atoms with Crippen LogP contribution < -0.4 is 15.4 Å². The van der Waals surface area contributed by atoms with Gasteiger partial charge >= 0.3 is 0 Å². The smallest absolute Gasteiger partial charge is 0.228 e. The van der Waals surface area contributed by atoms with Gasteiger partial charge in [0.2, 0.25) is 11.8 Å². The molecule has 4 aliphatic carbocycles. The van der Waals surface area contributed by atoms with Gasteiger partial charge in [-0.3, -0.25) is 9.59 Å². The predicted molar refractivity (Wildman–Crippen MR) is 96.5 cm³/mol. The highest BCUT2D eigenvalue weighted by Gasteiger charge is 2.50. The summed E-state index contributed by atoms with van der Waals surface area (Å²) in [4.78, 5) is 24.3. The summed E-state index contributed by atoms with van der Waals surface area (Å²) in [5, 5.41) is 5.84. The first-order valence-corrected chi connectivity index (χ1v) is 9.30. The molecular weight excluding hydrogens is 316 g/mol. The minimum absolute atomic E-state index is 0.118. The summed E-state index contributed by atoms with van der Waals surface area (Å²) in [7, 11) is 1.59. The summed E-state index contributed by atoms with van der Waals surface area (Å²) in [6.45, 7) is 1.47. The molecule has 5 nitrogen and oxygen atoms in total. The number of carbonyl (C=O) groups excluding carboxylic acids is 2. The number of nitrogens with one attached hydrogen (secondary N) is 2. The molecule has 1 aromatic carbocycles. The van der Waals surface area contributed by atoms with Crippen molar-refractivity contribution in [2.75, 3.05) is 17.7 Å². The number of ether oxygens (including phenoxy) is 1. The molecule has 0 heterocycles. The zero-order valence-electron chi connectivity index (χ0n) is 14.9. The van der Waals surface area contributed by atoms with Crippen LogP contribution >= 0.6 is 0 Å². The Hall–Kier alpha value is -2.04. The minimum Gasteiger partial charge on any atom is -0.495 e. The predicted octanol–water partition coefficient (Wildman–Crippen LogP) is 3.66. The van der Waals surface area contributed by atoms with Crippen molar-refractivity contribution in [3.05, 3.63) is 18.2 Å². The van der Waals surface area contributed by atoms with E-state index in [1.807, 2.05) is 0 Å². The Labute approximate surface area is 148 Å². The summed E-state index contributed by atoms with van der Waals surface area (Å²) >= 11 is 0. The molecule has 4 saturated carbocycles. The average molecular weight is 342 g/mol. The number of rotatable bonds is 4. The molecule has 0 aromatic heterocycles. The second-order valence-electron chi connectivity index (χ2n) is 8.04. The van der Waals surface area contributed by atoms with Crippen LogP contribution in [0.3, 0.4) is 0 Å². The molecule has 5 heteroatoms. The largest absolute Gasteiger partial charge is 0.495 e. The Morgan fingerprint density at radius 3 is 2.20 bits per heavy atom. The van der Waals surface area contributed by atoms with Crippen LogP contribution in [0.2, 0.25) is 0 Å². The van der Waals surface area contributed by atoms with Gasteiger partial charge in [0.05, 0.1) is 12.8 Å². The van der Waals surface area contributed by atoms with Crippen LogP contribution in [0.25, 0.3) is 0 Å². The van der Waals surface area contributed by atoms with Gasteiger partial charge < -0.3 is 15.4 Å². The van der Waals surface area contributed by atoms with E-state index in [2.05, 4.69) is 10.6 Å². The van der Waals surface area contributed by atoms with Gasteiger partial charge in [0.25, 0.3) is 0 Å². The zero-order chi connectivity index (χ0) is 17.6. The highest BCUT2D eigenvalue weighted by atomic mass is 16.5. The van der Waals surface area contributed by atoms with Crippen molar-refractivity contribution in [3.8, 4) is 5.75 Å². The third kappa shape index (κ3) is 3.12. The number of benzene rings is 1. The SMILES string of the molecule is COc1ccc(NC(C)=O)cc1NC(=O)C1C2CC3CC(C2)CC1C3. The lowest BCUT2D eigenvalue weighted by Crippen LogP contribution is -2.49. The van der Waals surface area contributed by atoms with Gasteiger partial charge in [0.15, 0.2) is 0 Å². The average Bonchev–Trinajstić information content (AvgIpc) is 2.53. The number of carbonyl (C=O) groups is 2. The monoisotopic (exact) mass is 342 g/mol. The van der Waals surface area contributed by atoms with E-state index in [0.29, 0.717) is 29.0 Å². The lowest BCUT2D eigenvalue weighted by Gasteiger charge is -2.53. The maximum absolute atomic E-state index is 13.1. The topological polar surface area (TPSA) is 67.4 Å². The maximum atomic E-state index is 13.1. The van der Waals surface area contributed by atoms with E-state index in [4.69, 9.17) is 4.74 Å². The third-order valence-corrected chi connectivity index (χ3v) is 6.31. The van der Waals surface area contributed by atoms with Gasteiger partial charge in [-0.15, -0.1) is 0 Å². The summed E-state index contributed by atoms with van der Waals surface area (Å²) in [5.74, 6) is 3.51. The van der Waals surface area contributed by atoms with Crippen LogP contribution in [-0.2, 0) is 9.59 Å². The molecular formula is C20H26N2O3. The zero-order valence-corrected chi connectivity index (χ0v) is 14.9. The molecule has 2 N–H and O–H groups in total. The van der Waals surface area contributed by atoms with E-state index < -0.39 is 0 Å². The highest BCUT2D eigenvalue weighted by Crippen LogP contribution is 2.56. The number of methoxy groups -OCH3 is 1. The quantitative estimate of drug-likeness (QED) is 0.877. The van der Waals surface area contributed by atoms with Gasteiger partial charge in [0.1, 0.15) is 5.75 Å². The molecule has 25 heavy (non-hydrogen) atoms. The molecule has 1 aromatic rings. The Bertz CT molecular complexity index is 672. The Morgan fingerprint density at radius 1 is 1.00 bits per heavy atom. The molecule has 134 valence electrons. The summed E-state index contributed by atoms with van der Waals surface area (Å²) < 4.78 is 5.38. The summed E-state index contributed by atoms with van der Waals surface area (Å²) in [5.41, 5.74) is 1.29. The van der Waals surface area contributed by atoms with Crippen LogP contribution in [0.1, 0.15) is 39.0 Å². The lowest BCUT2D eigenvalue weighted by molar-refractivity contribution is -0.132. The number of hydrogen-bond acceptors (Lipinski definition) is 3. The van der Waals surface area contributed by atoms with Gasteiger partial charge in [-0.2, -0.15) is 0 Å². The summed E-state index contributed by atoms with van der Waals surface area (Å²) in [6.07, 6.45) is 6.25. The van der Waals surface area contributed by atoms with Crippen molar-refractivity contribution in [2.24, 2.45) is 29.6 Å². The van der Waals surface area contributed by atoms with E-state index >= 15 is 0 Å². The summed E-state index contributed by atoms with van der Waals surface area (Å²) in [6, 6.07) is 5.32. The van der Waals surface area contributed by atoms with E-state index in [1.54, 1.807) is 25.3 Å². The maximum Gasteiger partial charge on any atom is 0.228 e. The molecule has 0 saturated heterocycles.